The summed E-state index contributed by atoms with van der Waals surface area (Å²) in [6, 6.07) is 10.8. The standard InChI is InChI=1S/C19H16N6O3S/c1-13-12-25-10-7-14(11-17(25)22-13)18(26)23-15-3-5-16(6-4-15)29(27,28)24-19-20-8-2-9-21-19/h2-12H,1H3,(H,23,26)(H,20,21,24). The van der Waals surface area contributed by atoms with Gasteiger partial charge in [0.1, 0.15) is 5.65 Å². The van der Waals surface area contributed by atoms with Crippen LogP contribution in [0.25, 0.3) is 5.65 Å². The number of aryl methyl sites for hydroxylation is 1. The maximum Gasteiger partial charge on any atom is 0.264 e. The average Bonchev–Trinajstić information content (AvgIpc) is 3.08. The third-order valence-corrected chi connectivity index (χ3v) is 5.40. The molecule has 2 N–H and O–H groups in total. The van der Waals surface area contributed by atoms with Gasteiger partial charge in [-0.1, -0.05) is 0 Å². The quantitative estimate of drug-likeness (QED) is 0.524. The Labute approximate surface area is 166 Å². The van der Waals surface area contributed by atoms with Crippen LogP contribution < -0.4 is 10.0 Å². The highest BCUT2D eigenvalue weighted by molar-refractivity contribution is 7.92. The number of pyridine rings is 1. The summed E-state index contributed by atoms with van der Waals surface area (Å²) in [5.74, 6) is -0.339. The SMILES string of the molecule is Cc1cn2ccc(C(=O)Nc3ccc(S(=O)(=O)Nc4ncccn4)cc3)cc2n1. The number of rotatable bonds is 5. The van der Waals surface area contributed by atoms with E-state index in [1.54, 1.807) is 24.4 Å². The molecule has 0 unspecified atom stereocenters. The molecule has 10 heteroatoms. The molecule has 4 aromatic rings. The van der Waals surface area contributed by atoms with E-state index in [9.17, 15) is 13.2 Å². The van der Waals surface area contributed by atoms with Gasteiger partial charge in [-0.05, 0) is 49.4 Å². The van der Waals surface area contributed by atoms with Gasteiger partial charge in [0.05, 0.1) is 10.6 Å². The summed E-state index contributed by atoms with van der Waals surface area (Å²) in [5.41, 5.74) is 2.44. The highest BCUT2D eigenvalue weighted by Crippen LogP contribution is 2.17. The summed E-state index contributed by atoms with van der Waals surface area (Å²) in [6.07, 6.45) is 6.50. The number of amides is 1. The molecule has 0 bridgehead atoms. The molecule has 146 valence electrons. The van der Waals surface area contributed by atoms with Crippen LogP contribution in [0.4, 0.5) is 11.6 Å². The molecule has 3 aromatic heterocycles. The van der Waals surface area contributed by atoms with Gasteiger partial charge < -0.3 is 9.72 Å². The van der Waals surface area contributed by atoms with Gasteiger partial charge in [-0.3, -0.25) is 4.79 Å². The minimum Gasteiger partial charge on any atom is -0.322 e. The number of fused-ring (bicyclic) bond motifs is 1. The van der Waals surface area contributed by atoms with E-state index >= 15 is 0 Å². The molecule has 0 fully saturated rings. The first-order valence-electron chi connectivity index (χ1n) is 8.57. The number of benzene rings is 1. The molecule has 9 nitrogen and oxygen atoms in total. The molecule has 1 aromatic carbocycles. The van der Waals surface area contributed by atoms with Gasteiger partial charge >= 0.3 is 0 Å². The number of aromatic nitrogens is 4. The normalized spacial score (nSPS) is 11.3. The van der Waals surface area contributed by atoms with Crippen molar-refractivity contribution in [3.63, 3.8) is 0 Å². The minimum absolute atomic E-state index is 0.0190. The maximum atomic E-state index is 12.5. The fourth-order valence-electron chi connectivity index (χ4n) is 2.70. The van der Waals surface area contributed by atoms with E-state index in [0.29, 0.717) is 16.9 Å². The van der Waals surface area contributed by atoms with Crippen molar-refractivity contribution >= 4 is 33.2 Å². The molecule has 0 aliphatic heterocycles. The summed E-state index contributed by atoms with van der Waals surface area (Å²) in [4.78, 5) is 24.5. The third kappa shape index (κ3) is 4.06. The molecule has 29 heavy (non-hydrogen) atoms. The van der Waals surface area contributed by atoms with Crippen molar-refractivity contribution in [2.24, 2.45) is 0 Å². The lowest BCUT2D eigenvalue weighted by atomic mass is 10.2. The number of carbonyl (C=O) groups excluding carboxylic acids is 1. The Morgan fingerprint density at radius 1 is 1.07 bits per heavy atom. The van der Waals surface area contributed by atoms with Crippen molar-refractivity contribution in [3.05, 3.63) is 78.5 Å². The second-order valence-electron chi connectivity index (χ2n) is 6.22. The minimum atomic E-state index is -3.83. The average molecular weight is 408 g/mol. The van der Waals surface area contributed by atoms with Gasteiger partial charge in [-0.15, -0.1) is 0 Å². The molecule has 0 radical (unpaired) electrons. The topological polar surface area (TPSA) is 118 Å². The zero-order valence-corrected chi connectivity index (χ0v) is 16.1. The van der Waals surface area contributed by atoms with Gasteiger partial charge in [0, 0.05) is 36.0 Å². The van der Waals surface area contributed by atoms with E-state index in [2.05, 4.69) is 25.0 Å². The Morgan fingerprint density at radius 3 is 2.52 bits per heavy atom. The molecule has 0 saturated carbocycles. The van der Waals surface area contributed by atoms with Crippen LogP contribution in [0.3, 0.4) is 0 Å². The third-order valence-electron chi connectivity index (χ3n) is 4.06. The monoisotopic (exact) mass is 408 g/mol. The molecule has 1 amide bonds. The lowest BCUT2D eigenvalue weighted by molar-refractivity contribution is 0.102. The second kappa shape index (κ2) is 7.32. The number of nitrogens with one attached hydrogen (secondary N) is 2. The molecule has 0 spiro atoms. The van der Waals surface area contributed by atoms with Crippen LogP contribution in [0.15, 0.2) is 72.1 Å². The maximum absolute atomic E-state index is 12.5. The second-order valence-corrected chi connectivity index (χ2v) is 7.90. The molecule has 0 atom stereocenters. The van der Waals surface area contributed by atoms with Crippen molar-refractivity contribution in [2.75, 3.05) is 10.0 Å². The molecule has 3 heterocycles. The fraction of sp³-hybridized carbons (Fsp3) is 0.0526. The van der Waals surface area contributed by atoms with Crippen molar-refractivity contribution < 1.29 is 13.2 Å². The van der Waals surface area contributed by atoms with E-state index in [4.69, 9.17) is 0 Å². The van der Waals surface area contributed by atoms with Crippen LogP contribution in [0.2, 0.25) is 0 Å². The number of carbonyl (C=O) groups is 1. The van der Waals surface area contributed by atoms with Crippen molar-refractivity contribution in [1.29, 1.82) is 0 Å². The van der Waals surface area contributed by atoms with Gasteiger partial charge in [-0.25, -0.2) is 28.1 Å². The number of hydrogen-bond donors (Lipinski definition) is 2. The van der Waals surface area contributed by atoms with Gasteiger partial charge in [0.2, 0.25) is 5.95 Å². The van der Waals surface area contributed by atoms with Gasteiger partial charge in [0.25, 0.3) is 15.9 Å². The Balaban J connectivity index is 1.49. The van der Waals surface area contributed by atoms with Crippen LogP contribution >= 0.6 is 0 Å². The van der Waals surface area contributed by atoms with E-state index in [0.717, 1.165) is 5.69 Å². The first-order chi connectivity index (χ1) is 13.9. The van der Waals surface area contributed by atoms with E-state index in [-0.39, 0.29) is 16.8 Å². The Hall–Kier alpha value is -3.79. The highest BCUT2D eigenvalue weighted by atomic mass is 32.2. The zero-order valence-electron chi connectivity index (χ0n) is 15.3. The number of anilines is 2. The summed E-state index contributed by atoms with van der Waals surface area (Å²) in [6.45, 7) is 1.88. The number of sulfonamides is 1. The van der Waals surface area contributed by atoms with Crippen LogP contribution in [-0.4, -0.2) is 33.7 Å². The van der Waals surface area contributed by atoms with Crippen LogP contribution in [0.5, 0.6) is 0 Å². The first kappa shape index (κ1) is 18.6. The van der Waals surface area contributed by atoms with Crippen LogP contribution in [0.1, 0.15) is 16.1 Å². The summed E-state index contributed by atoms with van der Waals surface area (Å²) in [7, 11) is -3.83. The van der Waals surface area contributed by atoms with Crippen molar-refractivity contribution in [3.8, 4) is 0 Å². The van der Waals surface area contributed by atoms with Crippen molar-refractivity contribution in [2.45, 2.75) is 11.8 Å². The van der Waals surface area contributed by atoms with E-state index in [1.165, 1.54) is 36.7 Å². The number of nitrogens with zero attached hydrogens (tertiary/aromatic N) is 4. The number of hydrogen-bond acceptors (Lipinski definition) is 6. The lowest BCUT2D eigenvalue weighted by Gasteiger charge is -2.08. The summed E-state index contributed by atoms with van der Waals surface area (Å²) in [5, 5.41) is 2.74. The Bertz CT molecular complexity index is 1280. The van der Waals surface area contributed by atoms with Crippen LogP contribution in [-0.2, 0) is 10.0 Å². The lowest BCUT2D eigenvalue weighted by Crippen LogP contribution is -2.15. The van der Waals surface area contributed by atoms with Gasteiger partial charge in [-0.2, -0.15) is 0 Å². The molecule has 4 rings (SSSR count). The molecular weight excluding hydrogens is 392 g/mol. The number of imidazole rings is 1. The van der Waals surface area contributed by atoms with E-state index in [1.807, 2.05) is 17.5 Å². The summed E-state index contributed by atoms with van der Waals surface area (Å²) < 4.78 is 28.9. The predicted octanol–water partition coefficient (Wildman–Crippen LogP) is 2.49. The molecule has 0 aliphatic rings. The smallest absolute Gasteiger partial charge is 0.264 e. The van der Waals surface area contributed by atoms with E-state index < -0.39 is 10.0 Å². The molecule has 0 saturated heterocycles. The highest BCUT2D eigenvalue weighted by Gasteiger charge is 2.16. The fourth-order valence-corrected chi connectivity index (χ4v) is 3.66. The Kier molecular flexibility index (Phi) is 4.69. The summed E-state index contributed by atoms with van der Waals surface area (Å²) >= 11 is 0. The zero-order chi connectivity index (χ0) is 20.4. The largest absolute Gasteiger partial charge is 0.322 e. The van der Waals surface area contributed by atoms with Gasteiger partial charge in [0.15, 0.2) is 0 Å². The predicted molar refractivity (Wildman–Crippen MR) is 107 cm³/mol. The van der Waals surface area contributed by atoms with Crippen LogP contribution in [0, 0.1) is 6.92 Å². The molecular formula is C19H16N6O3S. The Morgan fingerprint density at radius 2 is 1.79 bits per heavy atom. The van der Waals surface area contributed by atoms with Crippen molar-refractivity contribution in [1.82, 2.24) is 19.4 Å². The first-order valence-corrected chi connectivity index (χ1v) is 10.1. The molecule has 0 aliphatic carbocycles.